The first-order valence-electron chi connectivity index (χ1n) is 11.0. The summed E-state index contributed by atoms with van der Waals surface area (Å²) >= 11 is 0. The van der Waals surface area contributed by atoms with E-state index < -0.39 is 11.6 Å². The van der Waals surface area contributed by atoms with Gasteiger partial charge in [-0.1, -0.05) is 6.08 Å². The first-order valence-corrected chi connectivity index (χ1v) is 11.0. The molecule has 3 saturated heterocycles. The van der Waals surface area contributed by atoms with Gasteiger partial charge in [-0.3, -0.25) is 0 Å². The fraction of sp³-hybridized carbons (Fsp3) is 0.625. The van der Waals surface area contributed by atoms with Gasteiger partial charge in [0.15, 0.2) is 6.29 Å². The molecule has 1 saturated carbocycles. The molecule has 5 nitrogen and oxygen atoms in total. The highest BCUT2D eigenvalue weighted by Crippen LogP contribution is 2.55. The molecular formula is C24H31FO5. The van der Waals surface area contributed by atoms with Gasteiger partial charge in [0.05, 0.1) is 18.8 Å². The molecule has 0 amide bonds. The van der Waals surface area contributed by atoms with E-state index in [-0.39, 0.29) is 17.5 Å². The number of rotatable bonds is 7. The number of hydrogen-bond donors (Lipinski definition) is 1. The Bertz CT molecular complexity index is 787. The van der Waals surface area contributed by atoms with Crippen LogP contribution in [0, 0.1) is 11.2 Å². The zero-order valence-electron chi connectivity index (χ0n) is 17.6. The van der Waals surface area contributed by atoms with E-state index in [0.717, 1.165) is 63.4 Å². The highest BCUT2D eigenvalue weighted by Gasteiger charge is 2.50. The van der Waals surface area contributed by atoms with Crippen LogP contribution in [0.3, 0.4) is 0 Å². The maximum Gasteiger partial charge on any atom is 0.330 e. The lowest BCUT2D eigenvalue weighted by molar-refractivity contribution is -0.191. The van der Waals surface area contributed by atoms with E-state index in [9.17, 15) is 9.18 Å². The smallest absolute Gasteiger partial charge is 0.330 e. The molecule has 164 valence electrons. The van der Waals surface area contributed by atoms with E-state index >= 15 is 0 Å². The number of aliphatic carboxylic acids is 1. The topological polar surface area (TPSA) is 65.0 Å². The minimum atomic E-state index is -0.863. The van der Waals surface area contributed by atoms with Crippen LogP contribution in [0.1, 0.15) is 70.3 Å². The molecule has 1 atom stereocenters. The Morgan fingerprint density at radius 2 is 2.07 bits per heavy atom. The molecule has 4 aliphatic rings. The predicted octanol–water partition coefficient (Wildman–Crippen LogP) is 5.33. The first-order chi connectivity index (χ1) is 14.4. The van der Waals surface area contributed by atoms with Crippen molar-refractivity contribution in [1.29, 1.82) is 0 Å². The summed E-state index contributed by atoms with van der Waals surface area (Å²) in [4.78, 5) is 11.0. The van der Waals surface area contributed by atoms with Gasteiger partial charge in [-0.2, -0.15) is 0 Å². The Labute approximate surface area is 177 Å². The van der Waals surface area contributed by atoms with Crippen LogP contribution in [0.5, 0.6) is 5.75 Å². The van der Waals surface area contributed by atoms with Crippen LogP contribution in [0.4, 0.5) is 4.39 Å². The lowest BCUT2D eigenvalue weighted by Crippen LogP contribution is -2.49. The van der Waals surface area contributed by atoms with Crippen molar-refractivity contribution in [3.8, 4) is 5.75 Å². The second-order valence-electron chi connectivity index (χ2n) is 9.10. The largest absolute Gasteiger partial charge is 0.478 e. The predicted molar refractivity (Wildman–Crippen MR) is 110 cm³/mol. The summed E-state index contributed by atoms with van der Waals surface area (Å²) in [6.45, 7) is 2.94. The van der Waals surface area contributed by atoms with Gasteiger partial charge in [-0.25, -0.2) is 9.18 Å². The molecule has 4 fully saturated rings. The van der Waals surface area contributed by atoms with Crippen molar-refractivity contribution >= 4 is 5.97 Å². The number of benzene rings is 1. The average molecular weight is 419 g/mol. The van der Waals surface area contributed by atoms with E-state index in [1.165, 1.54) is 6.07 Å². The summed E-state index contributed by atoms with van der Waals surface area (Å²) < 4.78 is 32.3. The summed E-state index contributed by atoms with van der Waals surface area (Å²) in [5.41, 5.74) is 0.882. The fourth-order valence-corrected chi connectivity index (χ4v) is 4.99. The Balaban J connectivity index is 1.42. The van der Waals surface area contributed by atoms with Crippen LogP contribution in [0.15, 0.2) is 29.8 Å². The molecule has 2 bridgehead atoms. The molecule has 6 heteroatoms. The van der Waals surface area contributed by atoms with Crippen LogP contribution < -0.4 is 4.74 Å². The number of halogens is 1. The normalized spacial score (nSPS) is 31.5. The van der Waals surface area contributed by atoms with Crippen molar-refractivity contribution in [3.05, 3.63) is 41.2 Å². The lowest BCUT2D eigenvalue weighted by Gasteiger charge is -2.53. The van der Waals surface area contributed by atoms with Crippen molar-refractivity contribution in [3.63, 3.8) is 0 Å². The van der Waals surface area contributed by atoms with Crippen LogP contribution in [-0.4, -0.2) is 30.6 Å². The van der Waals surface area contributed by atoms with Gasteiger partial charge in [0.25, 0.3) is 0 Å². The molecule has 3 aliphatic heterocycles. The lowest BCUT2D eigenvalue weighted by atomic mass is 9.62. The van der Waals surface area contributed by atoms with Gasteiger partial charge in [0.2, 0.25) is 0 Å². The second-order valence-corrected chi connectivity index (χ2v) is 9.10. The Morgan fingerprint density at radius 3 is 2.70 bits per heavy atom. The molecule has 1 unspecified atom stereocenters. The Morgan fingerprint density at radius 1 is 1.27 bits per heavy atom. The van der Waals surface area contributed by atoms with Crippen molar-refractivity contribution < 1.29 is 28.5 Å². The van der Waals surface area contributed by atoms with E-state index in [4.69, 9.17) is 19.3 Å². The standard InChI is InChI=1S/C24H31FO5/c1-17(22(26)27)5-4-7-23-8-10-24(11-9-23,29-16-23)18-13-19(25)15-20(14-18)30-21-6-2-3-12-28-21/h5,13-15,21H,2-4,6-12,16H2,1H3,(H,26,27). The maximum absolute atomic E-state index is 14.4. The molecule has 30 heavy (non-hydrogen) atoms. The Hall–Kier alpha value is -1.92. The number of carbonyl (C=O) groups is 1. The van der Waals surface area contributed by atoms with E-state index in [1.807, 2.05) is 6.07 Å². The highest BCUT2D eigenvalue weighted by molar-refractivity contribution is 5.85. The Kier molecular flexibility index (Phi) is 6.16. The van der Waals surface area contributed by atoms with Crippen LogP contribution in [-0.2, 0) is 19.9 Å². The summed E-state index contributed by atoms with van der Waals surface area (Å²) in [6.07, 6.45) is 9.79. The van der Waals surface area contributed by atoms with Crippen molar-refractivity contribution in [2.45, 2.75) is 76.6 Å². The zero-order chi connectivity index (χ0) is 21.2. The maximum atomic E-state index is 14.4. The average Bonchev–Trinajstić information content (AvgIpc) is 2.75. The van der Waals surface area contributed by atoms with Gasteiger partial charge in [0, 0.05) is 18.1 Å². The summed E-state index contributed by atoms with van der Waals surface area (Å²) in [7, 11) is 0. The second kappa shape index (κ2) is 8.67. The van der Waals surface area contributed by atoms with Gasteiger partial charge >= 0.3 is 5.97 Å². The van der Waals surface area contributed by atoms with E-state index in [2.05, 4.69) is 0 Å². The molecule has 1 N–H and O–H groups in total. The van der Waals surface area contributed by atoms with Gasteiger partial charge in [-0.15, -0.1) is 0 Å². The quantitative estimate of drug-likeness (QED) is 0.607. The summed E-state index contributed by atoms with van der Waals surface area (Å²) in [6, 6.07) is 4.91. The fourth-order valence-electron chi connectivity index (χ4n) is 4.99. The van der Waals surface area contributed by atoms with Gasteiger partial charge in [-0.05, 0) is 81.4 Å². The number of fused-ring (bicyclic) bond motifs is 3. The number of carboxylic acid groups (broad SMARTS) is 1. The summed E-state index contributed by atoms with van der Waals surface area (Å²) in [5, 5.41) is 9.01. The minimum absolute atomic E-state index is 0.0969. The van der Waals surface area contributed by atoms with Crippen molar-refractivity contribution in [1.82, 2.24) is 0 Å². The molecule has 0 aromatic heterocycles. The number of carboxylic acids is 1. The van der Waals surface area contributed by atoms with Crippen LogP contribution in [0.25, 0.3) is 0 Å². The van der Waals surface area contributed by atoms with Crippen molar-refractivity contribution in [2.24, 2.45) is 5.41 Å². The third-order valence-electron chi connectivity index (χ3n) is 7.04. The minimum Gasteiger partial charge on any atom is -0.478 e. The highest BCUT2D eigenvalue weighted by atomic mass is 19.1. The first kappa shape index (κ1) is 21.3. The SMILES string of the molecule is CC(=CCCC12CCC(c3cc(F)cc(OC4CCCCO4)c3)(CC1)OC2)C(=O)O. The molecule has 0 spiro atoms. The molecule has 1 aromatic carbocycles. The molecule has 0 radical (unpaired) electrons. The molecule has 1 aliphatic carbocycles. The van der Waals surface area contributed by atoms with Crippen LogP contribution in [0.2, 0.25) is 0 Å². The molecule has 3 heterocycles. The monoisotopic (exact) mass is 418 g/mol. The third-order valence-corrected chi connectivity index (χ3v) is 7.04. The third kappa shape index (κ3) is 4.54. The van der Waals surface area contributed by atoms with Gasteiger partial charge in [0.1, 0.15) is 11.6 Å². The van der Waals surface area contributed by atoms with Gasteiger partial charge < -0.3 is 19.3 Å². The van der Waals surface area contributed by atoms with E-state index in [1.54, 1.807) is 19.1 Å². The zero-order valence-corrected chi connectivity index (χ0v) is 17.6. The van der Waals surface area contributed by atoms with Crippen LogP contribution >= 0.6 is 0 Å². The molecule has 1 aromatic rings. The molecule has 5 rings (SSSR count). The van der Waals surface area contributed by atoms with E-state index in [0.29, 0.717) is 24.5 Å². The number of hydrogen-bond acceptors (Lipinski definition) is 4. The summed E-state index contributed by atoms with van der Waals surface area (Å²) in [5.74, 6) is -0.669. The number of ether oxygens (including phenoxy) is 3. The molecular weight excluding hydrogens is 387 g/mol. The number of allylic oxidation sites excluding steroid dienone is 1. The van der Waals surface area contributed by atoms with Crippen molar-refractivity contribution in [2.75, 3.05) is 13.2 Å².